The highest BCUT2D eigenvalue weighted by atomic mass is 31.2. The molecule has 0 aliphatic carbocycles. The molecule has 0 amide bonds. The van der Waals surface area contributed by atoms with Gasteiger partial charge in [0.15, 0.2) is 0 Å². The second-order valence-electron chi connectivity index (χ2n) is 3.91. The lowest BCUT2D eigenvalue weighted by Crippen LogP contribution is -2.63. The molecule has 0 aromatic rings. The van der Waals surface area contributed by atoms with E-state index in [1.54, 1.807) is 0 Å². The van der Waals surface area contributed by atoms with Crippen LogP contribution < -0.4 is 14.9 Å². The molecule has 0 bridgehead atoms. The highest BCUT2D eigenvalue weighted by Crippen LogP contribution is 2.33. The third kappa shape index (κ3) is 3.94. The van der Waals surface area contributed by atoms with Gasteiger partial charge in [-0.1, -0.05) is 0 Å². The number of carboxylic acid groups (broad SMARTS) is 1. The number of aliphatic carboxylic acids is 1. The number of hydrogen-bond donors (Lipinski definition) is 2. The van der Waals surface area contributed by atoms with Crippen LogP contribution in [0.5, 0.6) is 0 Å². The van der Waals surface area contributed by atoms with Crippen molar-refractivity contribution in [3.8, 4) is 0 Å². The van der Waals surface area contributed by atoms with Crippen molar-refractivity contribution in [2.75, 3.05) is 13.7 Å². The van der Waals surface area contributed by atoms with Gasteiger partial charge < -0.3 is 48.5 Å². The maximum Gasteiger partial charge on any atom is 0.212 e. The summed E-state index contributed by atoms with van der Waals surface area (Å²) in [5.41, 5.74) is 0. The van der Waals surface area contributed by atoms with Crippen molar-refractivity contribution in [1.29, 1.82) is 0 Å². The first-order chi connectivity index (χ1) is 8.61. The first kappa shape index (κ1) is 16.5. The zero-order valence-electron chi connectivity index (χ0n) is 9.75. The first-order valence-corrected chi connectivity index (χ1v) is 6.54. The van der Waals surface area contributed by atoms with Gasteiger partial charge in [0.25, 0.3) is 0 Å². The van der Waals surface area contributed by atoms with Crippen LogP contribution in [-0.4, -0.2) is 54.0 Å². The fourth-order valence-corrected chi connectivity index (χ4v) is 1.98. The number of hydrogen-bond acceptors (Lipinski definition) is 10. The van der Waals surface area contributed by atoms with Crippen LogP contribution in [0.3, 0.4) is 0 Å². The molecule has 0 aromatic heterocycles. The Kier molecular flexibility index (Phi) is 5.04. The van der Waals surface area contributed by atoms with Gasteiger partial charge in [0, 0.05) is 13.5 Å². The average molecular weight is 299 g/mol. The van der Waals surface area contributed by atoms with Gasteiger partial charge in [0.1, 0.15) is 18.2 Å². The number of phosphoric ester groups is 1. The quantitative estimate of drug-likeness (QED) is 0.470. The molecule has 2 N–H and O–H groups in total. The summed E-state index contributed by atoms with van der Waals surface area (Å²) >= 11 is 0. The minimum Gasteiger partial charge on any atom is -0.790 e. The number of methoxy groups -OCH3 is 1. The number of carbonyl (C=O) groups excluding carboxylic acids is 1. The second-order valence-corrected chi connectivity index (χ2v) is 5.06. The third-order valence-electron chi connectivity index (χ3n) is 2.63. The van der Waals surface area contributed by atoms with Gasteiger partial charge in [0.2, 0.25) is 5.79 Å². The van der Waals surface area contributed by atoms with Crippen molar-refractivity contribution in [2.24, 2.45) is 0 Å². The van der Waals surface area contributed by atoms with E-state index in [0.717, 1.165) is 7.11 Å². The molecule has 1 aliphatic heterocycles. The Bertz CT molecular complexity index is 380. The topological polar surface area (TPSA) is 171 Å². The molecule has 1 rings (SSSR count). The van der Waals surface area contributed by atoms with Crippen molar-refractivity contribution in [3.05, 3.63) is 0 Å². The lowest BCUT2D eigenvalue weighted by Gasteiger charge is -2.45. The van der Waals surface area contributed by atoms with Gasteiger partial charge >= 0.3 is 0 Å². The van der Waals surface area contributed by atoms with E-state index in [1.165, 1.54) is 0 Å². The summed E-state index contributed by atoms with van der Waals surface area (Å²) in [4.78, 5) is 31.6. The Balaban J connectivity index is 2.84. The normalized spacial score (nSPS) is 36.2. The van der Waals surface area contributed by atoms with Crippen LogP contribution in [-0.2, 0) is 23.4 Å². The number of phosphoric acid groups is 1. The number of carbonyl (C=O) groups is 1. The zero-order chi connectivity index (χ0) is 14.8. The molecule has 0 unspecified atom stereocenters. The van der Waals surface area contributed by atoms with Gasteiger partial charge in [-0.25, -0.2) is 0 Å². The fraction of sp³-hybridized carbons (Fsp3) is 0.875. The number of rotatable bonds is 5. The Morgan fingerprint density at radius 2 is 2.11 bits per heavy atom. The summed E-state index contributed by atoms with van der Waals surface area (Å²) < 4.78 is 23.6. The molecule has 0 radical (unpaired) electrons. The highest BCUT2D eigenvalue weighted by molar-refractivity contribution is 7.43. The summed E-state index contributed by atoms with van der Waals surface area (Å²) in [7, 11) is -4.37. The van der Waals surface area contributed by atoms with E-state index >= 15 is 0 Å². The van der Waals surface area contributed by atoms with Gasteiger partial charge in [-0.05, 0) is 0 Å². The molecule has 0 spiro atoms. The summed E-state index contributed by atoms with van der Waals surface area (Å²) in [5, 5.41) is 30.0. The average Bonchev–Trinajstić information content (AvgIpc) is 2.29. The second kappa shape index (κ2) is 5.81. The molecular formula is C8H12O10P-3. The van der Waals surface area contributed by atoms with E-state index in [0.29, 0.717) is 0 Å². The predicted molar refractivity (Wildman–Crippen MR) is 49.8 cm³/mol. The van der Waals surface area contributed by atoms with Gasteiger partial charge in [-0.2, -0.15) is 0 Å². The Morgan fingerprint density at radius 3 is 2.53 bits per heavy atom. The number of ether oxygens (including phenoxy) is 2. The smallest absolute Gasteiger partial charge is 0.212 e. The van der Waals surface area contributed by atoms with E-state index in [-0.39, 0.29) is 0 Å². The molecule has 19 heavy (non-hydrogen) atoms. The maximum atomic E-state index is 10.9. The van der Waals surface area contributed by atoms with E-state index in [4.69, 9.17) is 4.74 Å². The first-order valence-electron chi connectivity index (χ1n) is 5.08. The predicted octanol–water partition coefficient (Wildman–Crippen LogP) is -4.56. The Morgan fingerprint density at radius 1 is 1.53 bits per heavy atom. The molecular weight excluding hydrogens is 287 g/mol. The van der Waals surface area contributed by atoms with E-state index in [2.05, 4.69) is 9.26 Å². The Hall–Kier alpha value is -0.580. The maximum absolute atomic E-state index is 10.9. The highest BCUT2D eigenvalue weighted by Gasteiger charge is 2.48. The lowest BCUT2D eigenvalue weighted by molar-refractivity contribution is -0.381. The number of aliphatic hydroxyl groups excluding tert-OH is 2. The lowest BCUT2D eigenvalue weighted by atomic mass is 9.95. The van der Waals surface area contributed by atoms with Gasteiger partial charge in [0.05, 0.1) is 20.5 Å². The fourth-order valence-electron chi connectivity index (χ4n) is 1.65. The van der Waals surface area contributed by atoms with E-state index < -0.39 is 50.9 Å². The molecule has 0 aromatic carbocycles. The summed E-state index contributed by atoms with van der Waals surface area (Å²) in [5.74, 6) is -4.18. The molecule has 112 valence electrons. The van der Waals surface area contributed by atoms with Crippen LogP contribution in [0.2, 0.25) is 0 Å². The minimum absolute atomic E-state index is 0.629. The monoisotopic (exact) mass is 299 g/mol. The number of carboxylic acids is 1. The van der Waals surface area contributed by atoms with E-state index in [1.807, 2.05) is 0 Å². The number of aliphatic hydroxyl groups is 2. The molecule has 1 aliphatic rings. The van der Waals surface area contributed by atoms with Gasteiger partial charge in [-0.15, -0.1) is 0 Å². The molecule has 1 heterocycles. The SMILES string of the molecule is CO[C@]1(C(=O)[O-])C[C@@H](O)[C@H](O)[C@@H](COP(=O)([O-])[O-])O1. The van der Waals surface area contributed by atoms with Crippen LogP contribution in [0.4, 0.5) is 0 Å². The van der Waals surface area contributed by atoms with Crippen molar-refractivity contribution in [2.45, 2.75) is 30.5 Å². The van der Waals surface area contributed by atoms with Crippen LogP contribution in [0, 0.1) is 0 Å². The van der Waals surface area contributed by atoms with Crippen molar-refractivity contribution >= 4 is 13.8 Å². The molecule has 11 heteroatoms. The molecule has 1 saturated heterocycles. The molecule has 10 nitrogen and oxygen atoms in total. The van der Waals surface area contributed by atoms with Gasteiger partial charge in [-0.3, -0.25) is 0 Å². The third-order valence-corrected chi connectivity index (χ3v) is 3.10. The van der Waals surface area contributed by atoms with Crippen LogP contribution in [0.15, 0.2) is 0 Å². The van der Waals surface area contributed by atoms with Crippen LogP contribution >= 0.6 is 7.82 Å². The summed E-state index contributed by atoms with van der Waals surface area (Å²) in [6.07, 6.45) is -5.44. The summed E-state index contributed by atoms with van der Waals surface area (Å²) in [6.45, 7) is -0.957. The van der Waals surface area contributed by atoms with Crippen molar-refractivity contribution < 1.29 is 48.5 Å². The standard InChI is InChI=1S/C8H15O10P/c1-16-8(7(11)12)2-4(9)6(10)5(18-8)3-17-19(13,14)15/h4-6,9-10H,2-3H2,1H3,(H,11,12)(H2,13,14,15)/p-3/t4-,5-,6+,8-/m1/s1. The van der Waals surface area contributed by atoms with Crippen molar-refractivity contribution in [1.82, 2.24) is 0 Å². The Labute approximate surface area is 107 Å². The van der Waals surface area contributed by atoms with Crippen molar-refractivity contribution in [3.63, 3.8) is 0 Å². The van der Waals surface area contributed by atoms with E-state index in [9.17, 15) is 34.5 Å². The zero-order valence-corrected chi connectivity index (χ0v) is 10.6. The largest absolute Gasteiger partial charge is 0.790 e. The molecule has 1 fully saturated rings. The molecule has 4 atom stereocenters. The van der Waals surface area contributed by atoms with Crippen LogP contribution in [0.25, 0.3) is 0 Å². The minimum atomic E-state index is -5.33. The molecule has 0 saturated carbocycles. The van der Waals surface area contributed by atoms with Crippen LogP contribution in [0.1, 0.15) is 6.42 Å². The summed E-state index contributed by atoms with van der Waals surface area (Å²) in [6, 6.07) is 0.